The summed E-state index contributed by atoms with van der Waals surface area (Å²) in [5.74, 6) is 0.355. The summed E-state index contributed by atoms with van der Waals surface area (Å²) in [5.41, 5.74) is 14.2. The van der Waals surface area contributed by atoms with Gasteiger partial charge in [0, 0.05) is 24.7 Å². The van der Waals surface area contributed by atoms with Gasteiger partial charge in [-0.3, -0.25) is 9.88 Å². The lowest BCUT2D eigenvalue weighted by Crippen LogP contribution is -2.42. The van der Waals surface area contributed by atoms with Crippen molar-refractivity contribution in [3.05, 3.63) is 40.1 Å². The summed E-state index contributed by atoms with van der Waals surface area (Å²) in [7, 11) is 0. The van der Waals surface area contributed by atoms with E-state index in [1.54, 1.807) is 12.3 Å². The van der Waals surface area contributed by atoms with Gasteiger partial charge in [0.05, 0.1) is 21.9 Å². The van der Waals surface area contributed by atoms with Gasteiger partial charge in [-0.1, -0.05) is 35.3 Å². The molecule has 5 nitrogen and oxygen atoms in total. The molecule has 0 spiro atoms. The van der Waals surface area contributed by atoms with E-state index >= 15 is 0 Å². The van der Waals surface area contributed by atoms with E-state index in [4.69, 9.17) is 34.7 Å². The summed E-state index contributed by atoms with van der Waals surface area (Å²) < 4.78 is 0. The standard InChI is InChI=1S/C16H19Cl2N5/c17-13-5-1-4-12(14(13)18)15-16(20)22-11(7-21-15)9-23-6-2-3-10(19)8-23/h1,4-5,7,10H,2-3,6,8-9,19H2,(H2,20,22). The largest absolute Gasteiger partial charge is 0.382 e. The zero-order chi connectivity index (χ0) is 16.4. The number of aromatic nitrogens is 2. The average molecular weight is 352 g/mol. The number of hydrogen-bond acceptors (Lipinski definition) is 5. The van der Waals surface area contributed by atoms with E-state index in [-0.39, 0.29) is 6.04 Å². The number of nitrogen functional groups attached to an aromatic ring is 1. The third-order valence-corrected chi connectivity index (χ3v) is 4.80. The molecule has 1 aliphatic rings. The lowest BCUT2D eigenvalue weighted by atomic mass is 10.1. The molecule has 1 unspecified atom stereocenters. The van der Waals surface area contributed by atoms with E-state index in [0.717, 1.165) is 31.6 Å². The van der Waals surface area contributed by atoms with Crippen molar-refractivity contribution >= 4 is 29.0 Å². The lowest BCUT2D eigenvalue weighted by Gasteiger charge is -2.30. The number of benzene rings is 1. The Labute approximate surface area is 145 Å². The van der Waals surface area contributed by atoms with Crippen LogP contribution in [0.15, 0.2) is 24.4 Å². The number of halogens is 2. The second-order valence-corrected chi connectivity index (χ2v) is 6.62. The molecule has 1 atom stereocenters. The molecule has 122 valence electrons. The molecule has 2 aromatic rings. The molecule has 0 amide bonds. The number of likely N-dealkylation sites (tertiary alicyclic amines) is 1. The second kappa shape index (κ2) is 7.01. The van der Waals surface area contributed by atoms with Gasteiger partial charge in [0.25, 0.3) is 0 Å². The molecule has 1 aliphatic heterocycles. The minimum atomic E-state index is 0.235. The maximum Gasteiger partial charge on any atom is 0.150 e. The van der Waals surface area contributed by atoms with Crippen LogP contribution >= 0.6 is 23.2 Å². The SMILES string of the molecule is Nc1nc(CN2CCCC(N)C2)cnc1-c1cccc(Cl)c1Cl. The molecule has 0 saturated carbocycles. The molecular weight excluding hydrogens is 333 g/mol. The van der Waals surface area contributed by atoms with E-state index in [2.05, 4.69) is 14.9 Å². The minimum Gasteiger partial charge on any atom is -0.382 e. The Morgan fingerprint density at radius 2 is 2.13 bits per heavy atom. The van der Waals surface area contributed by atoms with E-state index in [0.29, 0.717) is 33.7 Å². The van der Waals surface area contributed by atoms with Gasteiger partial charge in [0.15, 0.2) is 0 Å². The summed E-state index contributed by atoms with van der Waals surface area (Å²) in [6.07, 6.45) is 3.93. The molecule has 1 aromatic heterocycles. The molecule has 3 rings (SSSR count). The summed E-state index contributed by atoms with van der Waals surface area (Å²) in [6.45, 7) is 2.61. The quantitative estimate of drug-likeness (QED) is 0.888. The fourth-order valence-corrected chi connectivity index (χ4v) is 3.27. The van der Waals surface area contributed by atoms with Crippen LogP contribution in [0, 0.1) is 0 Å². The molecule has 0 aliphatic carbocycles. The van der Waals surface area contributed by atoms with Gasteiger partial charge >= 0.3 is 0 Å². The predicted molar refractivity (Wildman–Crippen MR) is 94.4 cm³/mol. The Kier molecular flexibility index (Phi) is 5.02. The van der Waals surface area contributed by atoms with Gasteiger partial charge in [0.2, 0.25) is 0 Å². The zero-order valence-corrected chi connectivity index (χ0v) is 14.2. The van der Waals surface area contributed by atoms with Gasteiger partial charge in [-0.2, -0.15) is 0 Å². The first-order valence-corrected chi connectivity index (χ1v) is 8.34. The second-order valence-electron chi connectivity index (χ2n) is 5.83. The Balaban J connectivity index is 1.82. The maximum absolute atomic E-state index is 6.23. The summed E-state index contributed by atoms with van der Waals surface area (Å²) in [5, 5.41) is 0.904. The van der Waals surface area contributed by atoms with Gasteiger partial charge < -0.3 is 11.5 Å². The van der Waals surface area contributed by atoms with Crippen molar-refractivity contribution < 1.29 is 0 Å². The highest BCUT2D eigenvalue weighted by Gasteiger charge is 2.18. The fourth-order valence-electron chi connectivity index (χ4n) is 2.88. The van der Waals surface area contributed by atoms with Gasteiger partial charge in [0.1, 0.15) is 11.5 Å². The highest BCUT2D eigenvalue weighted by Crippen LogP contribution is 2.34. The van der Waals surface area contributed by atoms with E-state index in [9.17, 15) is 0 Å². The van der Waals surface area contributed by atoms with Crippen LogP contribution in [0.25, 0.3) is 11.3 Å². The molecule has 1 fully saturated rings. The van der Waals surface area contributed by atoms with Crippen LogP contribution in [-0.4, -0.2) is 34.0 Å². The number of piperidine rings is 1. The smallest absolute Gasteiger partial charge is 0.150 e. The Bertz CT molecular complexity index is 707. The summed E-state index contributed by atoms with van der Waals surface area (Å²) in [6, 6.07) is 5.61. The molecule has 1 aromatic carbocycles. The zero-order valence-electron chi connectivity index (χ0n) is 12.7. The highest BCUT2D eigenvalue weighted by atomic mass is 35.5. The number of rotatable bonds is 3. The van der Waals surface area contributed by atoms with Crippen LogP contribution in [0.1, 0.15) is 18.5 Å². The normalized spacial score (nSPS) is 19.0. The van der Waals surface area contributed by atoms with E-state index < -0.39 is 0 Å². The predicted octanol–water partition coefficient (Wildman–Crippen LogP) is 2.96. The first kappa shape index (κ1) is 16.5. The third kappa shape index (κ3) is 3.75. The molecule has 7 heteroatoms. The highest BCUT2D eigenvalue weighted by molar-refractivity contribution is 6.43. The first-order valence-electron chi connectivity index (χ1n) is 7.58. The molecule has 2 heterocycles. The van der Waals surface area contributed by atoms with Crippen molar-refractivity contribution in [3.63, 3.8) is 0 Å². The Morgan fingerprint density at radius 1 is 1.30 bits per heavy atom. The Morgan fingerprint density at radius 3 is 2.87 bits per heavy atom. The molecular formula is C16H19Cl2N5. The fraction of sp³-hybridized carbons (Fsp3) is 0.375. The van der Waals surface area contributed by atoms with Gasteiger partial charge in [-0.15, -0.1) is 0 Å². The van der Waals surface area contributed by atoms with Crippen LogP contribution in [0.2, 0.25) is 10.0 Å². The van der Waals surface area contributed by atoms with Crippen molar-refractivity contribution in [2.24, 2.45) is 5.73 Å². The van der Waals surface area contributed by atoms with Crippen molar-refractivity contribution in [2.75, 3.05) is 18.8 Å². The number of anilines is 1. The van der Waals surface area contributed by atoms with Crippen LogP contribution < -0.4 is 11.5 Å². The molecule has 23 heavy (non-hydrogen) atoms. The number of nitrogens with two attached hydrogens (primary N) is 2. The third-order valence-electron chi connectivity index (χ3n) is 3.98. The van der Waals surface area contributed by atoms with Crippen LogP contribution in [0.4, 0.5) is 5.82 Å². The molecule has 0 radical (unpaired) electrons. The molecule has 0 bridgehead atoms. The van der Waals surface area contributed by atoms with Gasteiger partial charge in [-0.25, -0.2) is 4.98 Å². The van der Waals surface area contributed by atoms with Crippen molar-refractivity contribution in [2.45, 2.75) is 25.4 Å². The van der Waals surface area contributed by atoms with Crippen molar-refractivity contribution in [3.8, 4) is 11.3 Å². The summed E-state index contributed by atoms with van der Waals surface area (Å²) >= 11 is 12.3. The maximum atomic E-state index is 6.23. The van der Waals surface area contributed by atoms with Gasteiger partial charge in [-0.05, 0) is 25.5 Å². The number of nitrogens with zero attached hydrogens (tertiary/aromatic N) is 3. The molecule has 4 N–H and O–H groups in total. The van der Waals surface area contributed by atoms with Crippen molar-refractivity contribution in [1.82, 2.24) is 14.9 Å². The monoisotopic (exact) mass is 351 g/mol. The average Bonchev–Trinajstić information content (AvgIpc) is 2.51. The topological polar surface area (TPSA) is 81.1 Å². The lowest BCUT2D eigenvalue weighted by molar-refractivity contribution is 0.199. The Hall–Kier alpha value is -1.40. The molecule has 1 saturated heterocycles. The number of hydrogen-bond donors (Lipinski definition) is 2. The van der Waals surface area contributed by atoms with Crippen LogP contribution in [0.3, 0.4) is 0 Å². The summed E-state index contributed by atoms with van der Waals surface area (Å²) in [4.78, 5) is 11.2. The first-order chi connectivity index (χ1) is 11.0. The van der Waals surface area contributed by atoms with E-state index in [1.807, 2.05) is 12.1 Å². The minimum absolute atomic E-state index is 0.235. The van der Waals surface area contributed by atoms with E-state index in [1.165, 1.54) is 0 Å². The van der Waals surface area contributed by atoms with Crippen LogP contribution in [-0.2, 0) is 6.54 Å². The van der Waals surface area contributed by atoms with Crippen molar-refractivity contribution in [1.29, 1.82) is 0 Å². The van der Waals surface area contributed by atoms with Crippen LogP contribution in [0.5, 0.6) is 0 Å².